The monoisotopic (exact) mass is 382 g/mol. The smallest absolute Gasteiger partial charge is 0.401 e. The molecule has 0 spiro atoms. The second kappa shape index (κ2) is 13.1. The van der Waals surface area contributed by atoms with Crippen LogP contribution in [0.2, 0.25) is 0 Å². The molecule has 0 saturated carbocycles. The summed E-state index contributed by atoms with van der Waals surface area (Å²) in [5.41, 5.74) is 2.27. The topological polar surface area (TPSA) is 20.2 Å². The third-order valence-corrected chi connectivity index (χ3v) is 4.16. The second-order valence-corrected chi connectivity index (χ2v) is 6.01. The predicted octanol–water partition coefficient (Wildman–Crippen LogP) is 6.22. The van der Waals surface area contributed by atoms with Gasteiger partial charge in [0.2, 0.25) is 0 Å². The van der Waals surface area contributed by atoms with Crippen LogP contribution in [0.4, 0.5) is 0 Å². The molecule has 0 aliphatic rings. The molecule has 130 valence electrons. The van der Waals surface area contributed by atoms with Crippen molar-refractivity contribution in [3.63, 3.8) is 0 Å². The summed E-state index contributed by atoms with van der Waals surface area (Å²) in [5, 5.41) is 9.60. The number of hydrogen-bond acceptors (Lipinski definition) is 2. The molecule has 0 aromatic heterocycles. The van der Waals surface area contributed by atoms with E-state index in [9.17, 15) is 5.11 Å². The van der Waals surface area contributed by atoms with Gasteiger partial charge in [-0.25, -0.2) is 18.2 Å². The molecule has 3 aromatic carbocycles. The van der Waals surface area contributed by atoms with E-state index in [-0.39, 0.29) is 31.9 Å². The summed E-state index contributed by atoms with van der Waals surface area (Å²) < 4.78 is 0. The SMILES string of the molecule is Cc1ccc(Sc2ccc[c-]2[C@H](C)O)cc1.[CH3-].[CH3-].[Fe+4].c1cc[cH-]c1. The second-order valence-electron chi connectivity index (χ2n) is 4.90. The first-order chi connectivity index (χ1) is 10.2. The molecule has 0 bridgehead atoms. The average molecular weight is 382 g/mol. The largest absolute Gasteiger partial charge is 4.00 e. The van der Waals surface area contributed by atoms with E-state index in [1.807, 2.05) is 48.5 Å². The van der Waals surface area contributed by atoms with E-state index in [2.05, 4.69) is 31.2 Å². The Labute approximate surface area is 162 Å². The minimum absolute atomic E-state index is 0. The van der Waals surface area contributed by atoms with Gasteiger partial charge in [0.05, 0.1) is 0 Å². The summed E-state index contributed by atoms with van der Waals surface area (Å²) in [7, 11) is 0. The minimum atomic E-state index is -0.400. The summed E-state index contributed by atoms with van der Waals surface area (Å²) in [4.78, 5) is 2.34. The van der Waals surface area contributed by atoms with Gasteiger partial charge < -0.3 is 20.0 Å². The molecule has 3 aromatic rings. The normalized spacial score (nSPS) is 10.1. The van der Waals surface area contributed by atoms with Gasteiger partial charge in [0.25, 0.3) is 0 Å². The number of hydrogen-bond donors (Lipinski definition) is 1. The van der Waals surface area contributed by atoms with Crippen LogP contribution in [0.15, 0.2) is 82.6 Å². The molecule has 0 aliphatic heterocycles. The van der Waals surface area contributed by atoms with Crippen LogP contribution in [0.1, 0.15) is 24.2 Å². The quantitative estimate of drug-likeness (QED) is 0.429. The van der Waals surface area contributed by atoms with Crippen molar-refractivity contribution in [3.8, 4) is 0 Å². The van der Waals surface area contributed by atoms with Crippen molar-refractivity contribution in [2.24, 2.45) is 0 Å². The molecule has 0 radical (unpaired) electrons. The molecule has 3 rings (SSSR count). The van der Waals surface area contributed by atoms with E-state index in [4.69, 9.17) is 0 Å². The van der Waals surface area contributed by atoms with Gasteiger partial charge in [-0.2, -0.15) is 30.3 Å². The van der Waals surface area contributed by atoms with Crippen LogP contribution >= 0.6 is 11.8 Å². The Hall–Kier alpha value is -1.25. The molecule has 0 fully saturated rings. The molecule has 24 heavy (non-hydrogen) atoms. The Bertz CT molecular complexity index is 607. The van der Waals surface area contributed by atoms with E-state index in [0.717, 1.165) is 10.5 Å². The maximum Gasteiger partial charge on any atom is 4.00 e. The molecule has 0 unspecified atom stereocenters. The first kappa shape index (κ1) is 25.0. The van der Waals surface area contributed by atoms with Gasteiger partial charge >= 0.3 is 17.1 Å². The summed E-state index contributed by atoms with van der Waals surface area (Å²) in [6.45, 7) is 3.88. The van der Waals surface area contributed by atoms with Gasteiger partial charge in [0, 0.05) is 11.0 Å². The molecule has 1 nitrogen and oxygen atoms in total. The zero-order valence-electron chi connectivity index (χ0n) is 14.7. The molecular formula is C21H26FeOS. The van der Waals surface area contributed by atoms with Crippen molar-refractivity contribution >= 4 is 11.8 Å². The van der Waals surface area contributed by atoms with Crippen molar-refractivity contribution in [3.05, 3.63) is 98.8 Å². The van der Waals surface area contributed by atoms with Gasteiger partial charge in [-0.15, -0.1) is 22.2 Å². The fraction of sp³-hybridized carbons (Fsp3) is 0.143. The third kappa shape index (κ3) is 8.03. The number of aliphatic hydroxyl groups excluding tert-OH is 1. The fourth-order valence-corrected chi connectivity index (χ4v) is 2.94. The molecule has 0 amide bonds. The molecule has 0 heterocycles. The van der Waals surface area contributed by atoms with Gasteiger partial charge in [0.1, 0.15) is 0 Å². The van der Waals surface area contributed by atoms with E-state index in [0.29, 0.717) is 0 Å². The molecular weight excluding hydrogens is 356 g/mol. The standard InChI is InChI=1S/C14H15OS.C5H5.2CH3.Fe/c1-10-6-8-12(9-7-10)16-14-5-3-4-13(14)11(2)15;1-2-4-5-3-1;;;/h3-9,11,15H,1-2H3;1-5H;2*1H3;/q4*-1;+4/t11-;;;;/m0..../s1. The zero-order chi connectivity index (χ0) is 15.1. The predicted molar refractivity (Wildman–Crippen MR) is 103 cm³/mol. The fourth-order valence-electron chi connectivity index (χ4n) is 1.91. The summed E-state index contributed by atoms with van der Waals surface area (Å²) in [5.74, 6) is 0. The third-order valence-electron chi connectivity index (χ3n) is 3.06. The van der Waals surface area contributed by atoms with Crippen molar-refractivity contribution in [1.82, 2.24) is 0 Å². The van der Waals surface area contributed by atoms with Crippen molar-refractivity contribution in [1.29, 1.82) is 0 Å². The van der Waals surface area contributed by atoms with E-state index in [1.165, 1.54) is 10.5 Å². The van der Waals surface area contributed by atoms with Crippen LogP contribution in [-0.4, -0.2) is 5.11 Å². The van der Waals surface area contributed by atoms with Gasteiger partial charge in [-0.05, 0) is 26.0 Å². The first-order valence-electron chi connectivity index (χ1n) is 7.01. The van der Waals surface area contributed by atoms with Crippen molar-refractivity contribution in [2.45, 2.75) is 29.7 Å². The summed E-state index contributed by atoms with van der Waals surface area (Å²) >= 11 is 1.70. The van der Waals surface area contributed by atoms with Crippen LogP contribution in [0.5, 0.6) is 0 Å². The molecule has 1 atom stereocenters. The summed E-state index contributed by atoms with van der Waals surface area (Å²) in [6, 6.07) is 24.4. The van der Waals surface area contributed by atoms with E-state index in [1.54, 1.807) is 18.7 Å². The van der Waals surface area contributed by atoms with Crippen molar-refractivity contribution in [2.75, 3.05) is 0 Å². The Balaban J connectivity index is 0. The van der Waals surface area contributed by atoms with Crippen LogP contribution in [0.25, 0.3) is 0 Å². The molecule has 0 saturated heterocycles. The molecule has 1 N–H and O–H groups in total. The molecule has 0 aliphatic carbocycles. The average Bonchev–Trinajstić information content (AvgIpc) is 3.15. The Kier molecular flexibility index (Phi) is 13.6. The maximum atomic E-state index is 9.60. The van der Waals surface area contributed by atoms with Crippen LogP contribution in [0, 0.1) is 21.8 Å². The van der Waals surface area contributed by atoms with Crippen molar-refractivity contribution < 1.29 is 22.2 Å². The zero-order valence-corrected chi connectivity index (χ0v) is 16.6. The van der Waals surface area contributed by atoms with E-state index < -0.39 is 6.10 Å². The maximum absolute atomic E-state index is 9.60. The van der Waals surface area contributed by atoms with E-state index >= 15 is 0 Å². The van der Waals surface area contributed by atoms with Crippen LogP contribution in [0.3, 0.4) is 0 Å². The minimum Gasteiger partial charge on any atom is -0.401 e. The Morgan fingerprint density at radius 2 is 1.58 bits per heavy atom. The Morgan fingerprint density at radius 3 is 2.04 bits per heavy atom. The number of rotatable bonds is 3. The van der Waals surface area contributed by atoms with Crippen LogP contribution in [-0.2, 0) is 17.1 Å². The molecule has 3 heteroatoms. The number of aliphatic hydroxyl groups is 1. The van der Waals surface area contributed by atoms with Gasteiger partial charge in [-0.3, -0.25) is 0 Å². The summed E-state index contributed by atoms with van der Waals surface area (Å²) in [6.07, 6.45) is -0.400. The van der Waals surface area contributed by atoms with Gasteiger partial charge in [-0.1, -0.05) is 17.7 Å². The van der Waals surface area contributed by atoms with Gasteiger partial charge in [0.15, 0.2) is 0 Å². The Morgan fingerprint density at radius 1 is 1.00 bits per heavy atom. The van der Waals surface area contributed by atoms with Crippen LogP contribution < -0.4 is 0 Å². The number of aryl methyl sites for hydroxylation is 1. The number of benzene rings is 1. The first-order valence-corrected chi connectivity index (χ1v) is 7.83.